The number of benzene rings is 6. The molecule has 0 unspecified atom stereocenters. The van der Waals surface area contributed by atoms with Crippen LogP contribution < -0.4 is 5.46 Å². The van der Waals surface area contributed by atoms with Crippen LogP contribution in [0, 0.1) is 0 Å². The molecule has 0 aliphatic heterocycles. The maximum Gasteiger partial charge on any atom is 0.137 e. The summed E-state index contributed by atoms with van der Waals surface area (Å²) < 4.78 is 14.8. The predicted molar refractivity (Wildman–Crippen MR) is 166 cm³/mol. The second-order valence-electron chi connectivity index (χ2n) is 10.3. The minimum Gasteiger partial charge on any atom is -0.456 e. The molecular formula is C36H20BNO2. The van der Waals surface area contributed by atoms with Gasteiger partial charge in [-0.25, -0.2) is 0 Å². The van der Waals surface area contributed by atoms with Gasteiger partial charge in [0.15, 0.2) is 0 Å². The van der Waals surface area contributed by atoms with Crippen LogP contribution in [0.4, 0.5) is 0 Å². The van der Waals surface area contributed by atoms with Gasteiger partial charge in [0.2, 0.25) is 0 Å². The topological polar surface area (TPSA) is 31.2 Å². The summed E-state index contributed by atoms with van der Waals surface area (Å²) in [6, 6.07) is 42.0. The first-order chi connectivity index (χ1) is 19.8. The van der Waals surface area contributed by atoms with E-state index in [0.717, 1.165) is 77.2 Å². The zero-order valence-corrected chi connectivity index (χ0v) is 21.4. The van der Waals surface area contributed by atoms with Gasteiger partial charge in [-0.15, -0.1) is 0 Å². The molecule has 0 bridgehead atoms. The first-order valence-corrected chi connectivity index (χ1v) is 13.4. The third-order valence-corrected chi connectivity index (χ3v) is 8.15. The lowest BCUT2D eigenvalue weighted by Gasteiger charge is -2.13. The highest BCUT2D eigenvalue weighted by atomic mass is 16.3. The lowest BCUT2D eigenvalue weighted by molar-refractivity contribution is 0.668. The average molecular weight is 509 g/mol. The van der Waals surface area contributed by atoms with Crippen molar-refractivity contribution >= 4 is 79.0 Å². The molecule has 4 heteroatoms. The van der Waals surface area contributed by atoms with Gasteiger partial charge in [-0.3, -0.25) is 0 Å². The van der Waals surface area contributed by atoms with Crippen molar-refractivity contribution in [3.05, 3.63) is 121 Å². The molecule has 9 aromatic rings. The second kappa shape index (κ2) is 7.90. The van der Waals surface area contributed by atoms with Gasteiger partial charge in [-0.2, -0.15) is 0 Å². The van der Waals surface area contributed by atoms with Crippen molar-refractivity contribution in [2.75, 3.05) is 0 Å². The van der Waals surface area contributed by atoms with Crippen molar-refractivity contribution in [2.45, 2.75) is 0 Å². The molecule has 9 rings (SSSR count). The summed E-state index contributed by atoms with van der Waals surface area (Å²) >= 11 is 0. The number of nitrogens with zero attached hydrogens (tertiary/aromatic N) is 1. The van der Waals surface area contributed by atoms with Gasteiger partial charge in [0.05, 0.1) is 22.1 Å². The SMILES string of the molecule is [B]c1cccc2oc3ccc(-c4cccc5c6ccccc6n(-c6cccc7oc8ccccc8c67)c45)cc3c12. The maximum absolute atomic E-state index is 6.41. The standard InChI is InChI=1S/C36H20BNO2/c37-27-12-6-16-32-34(27)26-20-21(18-19-31(26)40-32)22-10-5-11-24-23-8-1-3-13-28(23)38(36(22)24)29-14-7-17-33-35(29)25-9-2-4-15-30(25)39-33/h1-20H. The number of fused-ring (bicyclic) bond motifs is 9. The fraction of sp³-hybridized carbons (Fsp3) is 0. The van der Waals surface area contributed by atoms with Crippen LogP contribution in [0.25, 0.3) is 82.5 Å². The van der Waals surface area contributed by atoms with E-state index in [-0.39, 0.29) is 0 Å². The highest BCUT2D eigenvalue weighted by Crippen LogP contribution is 2.42. The summed E-state index contributed by atoms with van der Waals surface area (Å²) in [5, 5.41) is 6.62. The highest BCUT2D eigenvalue weighted by Gasteiger charge is 2.20. The number of hydrogen-bond donors (Lipinski definition) is 0. The monoisotopic (exact) mass is 509 g/mol. The van der Waals surface area contributed by atoms with Crippen LogP contribution in [0.1, 0.15) is 0 Å². The van der Waals surface area contributed by atoms with Crippen LogP contribution in [0.2, 0.25) is 0 Å². The lowest BCUT2D eigenvalue weighted by Crippen LogP contribution is -2.01. The molecule has 3 nitrogen and oxygen atoms in total. The molecule has 0 atom stereocenters. The van der Waals surface area contributed by atoms with E-state index in [1.807, 2.05) is 30.3 Å². The molecule has 2 radical (unpaired) electrons. The fourth-order valence-electron chi connectivity index (χ4n) is 6.47. The van der Waals surface area contributed by atoms with Crippen molar-refractivity contribution in [1.29, 1.82) is 0 Å². The van der Waals surface area contributed by atoms with Gasteiger partial charge in [0.1, 0.15) is 30.2 Å². The minimum absolute atomic E-state index is 0.722. The Kier molecular flexibility index (Phi) is 4.29. The van der Waals surface area contributed by atoms with Gasteiger partial charge in [-0.1, -0.05) is 84.3 Å². The molecule has 6 aromatic carbocycles. The summed E-state index contributed by atoms with van der Waals surface area (Å²) in [5.74, 6) is 0. The largest absolute Gasteiger partial charge is 0.456 e. The Morgan fingerprint density at radius 1 is 0.500 bits per heavy atom. The van der Waals surface area contributed by atoms with E-state index < -0.39 is 0 Å². The van der Waals surface area contributed by atoms with Crippen LogP contribution in [0.15, 0.2) is 130 Å². The van der Waals surface area contributed by atoms with Crippen LogP contribution in [-0.2, 0) is 0 Å². The minimum atomic E-state index is 0.722. The van der Waals surface area contributed by atoms with Crippen LogP contribution in [-0.4, -0.2) is 12.4 Å². The van der Waals surface area contributed by atoms with Gasteiger partial charge in [0, 0.05) is 32.5 Å². The molecular weight excluding hydrogens is 489 g/mol. The molecule has 3 heterocycles. The van der Waals surface area contributed by atoms with Crippen LogP contribution in [0.3, 0.4) is 0 Å². The maximum atomic E-state index is 6.41. The van der Waals surface area contributed by atoms with Crippen molar-refractivity contribution < 1.29 is 8.83 Å². The average Bonchev–Trinajstić information content (AvgIpc) is 3.66. The van der Waals surface area contributed by atoms with Crippen LogP contribution in [0.5, 0.6) is 0 Å². The van der Waals surface area contributed by atoms with E-state index in [1.165, 1.54) is 10.8 Å². The summed E-state index contributed by atoms with van der Waals surface area (Å²) in [7, 11) is 6.41. The molecule has 0 saturated heterocycles. The van der Waals surface area contributed by atoms with Crippen LogP contribution >= 0.6 is 0 Å². The molecule has 0 N–H and O–H groups in total. The third-order valence-electron chi connectivity index (χ3n) is 8.15. The summed E-state index contributed by atoms with van der Waals surface area (Å²) in [5.41, 5.74) is 9.78. The van der Waals surface area contributed by atoms with E-state index in [2.05, 4.69) is 95.6 Å². The molecule has 184 valence electrons. The first kappa shape index (κ1) is 21.7. The molecule has 0 saturated carbocycles. The highest BCUT2D eigenvalue weighted by molar-refractivity contribution is 6.41. The number of aromatic nitrogens is 1. The van der Waals surface area contributed by atoms with E-state index in [9.17, 15) is 0 Å². The Hall–Kier alpha value is -5.22. The molecule has 0 aliphatic carbocycles. The molecule has 0 amide bonds. The molecule has 0 spiro atoms. The Labute approximate surface area is 230 Å². The zero-order valence-electron chi connectivity index (χ0n) is 21.4. The molecule has 3 aromatic heterocycles. The van der Waals surface area contributed by atoms with Crippen molar-refractivity contribution in [3.8, 4) is 16.8 Å². The molecule has 0 aliphatic rings. The second-order valence-corrected chi connectivity index (χ2v) is 10.3. The Bertz CT molecular complexity index is 2460. The lowest BCUT2D eigenvalue weighted by atomic mass is 9.90. The normalized spacial score (nSPS) is 12.1. The van der Waals surface area contributed by atoms with Gasteiger partial charge < -0.3 is 13.4 Å². The van der Waals surface area contributed by atoms with Crippen molar-refractivity contribution in [2.24, 2.45) is 0 Å². The Morgan fingerprint density at radius 2 is 1.18 bits per heavy atom. The van der Waals surface area contributed by atoms with E-state index in [4.69, 9.17) is 16.7 Å². The summed E-state index contributed by atoms with van der Waals surface area (Å²) in [4.78, 5) is 0. The predicted octanol–water partition coefficient (Wildman–Crippen LogP) is 9.04. The Balaban J connectivity index is 1.43. The van der Waals surface area contributed by atoms with Gasteiger partial charge in [-0.05, 0) is 48.0 Å². The summed E-state index contributed by atoms with van der Waals surface area (Å²) in [6.07, 6.45) is 0. The van der Waals surface area contributed by atoms with E-state index in [1.54, 1.807) is 0 Å². The number of rotatable bonds is 2. The summed E-state index contributed by atoms with van der Waals surface area (Å²) in [6.45, 7) is 0. The first-order valence-electron chi connectivity index (χ1n) is 13.4. The zero-order chi connectivity index (χ0) is 26.4. The molecule has 0 fully saturated rings. The van der Waals surface area contributed by atoms with E-state index >= 15 is 0 Å². The van der Waals surface area contributed by atoms with Crippen molar-refractivity contribution in [3.63, 3.8) is 0 Å². The smallest absolute Gasteiger partial charge is 0.137 e. The number of para-hydroxylation sites is 3. The van der Waals surface area contributed by atoms with E-state index in [0.29, 0.717) is 0 Å². The fourth-order valence-corrected chi connectivity index (χ4v) is 6.47. The van der Waals surface area contributed by atoms with Gasteiger partial charge in [0.25, 0.3) is 0 Å². The molecule has 40 heavy (non-hydrogen) atoms. The number of hydrogen-bond acceptors (Lipinski definition) is 2. The Morgan fingerprint density at radius 3 is 2.08 bits per heavy atom. The third kappa shape index (κ3) is 2.85. The van der Waals surface area contributed by atoms with Gasteiger partial charge >= 0.3 is 0 Å². The number of furan rings is 2. The quantitative estimate of drug-likeness (QED) is 0.218. The van der Waals surface area contributed by atoms with Crippen molar-refractivity contribution in [1.82, 2.24) is 4.57 Å².